The van der Waals surface area contributed by atoms with E-state index in [0.29, 0.717) is 28.3 Å². The lowest BCUT2D eigenvalue weighted by Crippen LogP contribution is -2.02. The van der Waals surface area contributed by atoms with E-state index in [1.807, 2.05) is 6.07 Å². The van der Waals surface area contributed by atoms with Crippen LogP contribution in [-0.2, 0) is 14.8 Å². The van der Waals surface area contributed by atoms with Crippen molar-refractivity contribution in [3.63, 3.8) is 0 Å². The highest BCUT2D eigenvalue weighted by atomic mass is 79.9. The fourth-order valence-corrected chi connectivity index (χ4v) is 3.13. The molecule has 1 fully saturated rings. The molecule has 2 rings (SSSR count). The second-order valence-corrected chi connectivity index (χ2v) is 7.74. The van der Waals surface area contributed by atoms with Gasteiger partial charge in [-0.1, -0.05) is 12.1 Å². The summed E-state index contributed by atoms with van der Waals surface area (Å²) in [5, 5.41) is 0. The summed E-state index contributed by atoms with van der Waals surface area (Å²) in [5.74, 6) is 1.13. The van der Waals surface area contributed by atoms with E-state index < -0.39 is 9.05 Å². The summed E-state index contributed by atoms with van der Waals surface area (Å²) >= 11 is 3.36. The van der Waals surface area contributed by atoms with Crippen LogP contribution in [0.1, 0.15) is 18.4 Å². The molecular formula is C11H12BrClO3S. The Morgan fingerprint density at radius 2 is 2.12 bits per heavy atom. The fraction of sp³-hybridized carbons (Fsp3) is 0.455. The molecule has 94 valence electrons. The van der Waals surface area contributed by atoms with Gasteiger partial charge in [-0.3, -0.25) is 0 Å². The maximum atomic E-state index is 11.0. The van der Waals surface area contributed by atoms with Crippen LogP contribution >= 0.6 is 26.6 Å². The van der Waals surface area contributed by atoms with Gasteiger partial charge in [-0.2, -0.15) is 0 Å². The lowest BCUT2D eigenvalue weighted by atomic mass is 10.2. The Balaban J connectivity index is 2.13. The van der Waals surface area contributed by atoms with Crippen molar-refractivity contribution < 1.29 is 13.2 Å². The van der Waals surface area contributed by atoms with E-state index in [9.17, 15) is 8.42 Å². The van der Waals surface area contributed by atoms with Crippen LogP contribution in [0.2, 0.25) is 0 Å². The van der Waals surface area contributed by atoms with Gasteiger partial charge < -0.3 is 4.74 Å². The van der Waals surface area contributed by atoms with Crippen LogP contribution in [0, 0.1) is 5.92 Å². The second-order valence-electron chi connectivity index (χ2n) is 4.17. The molecule has 6 heteroatoms. The highest BCUT2D eigenvalue weighted by Crippen LogP contribution is 2.34. The molecule has 1 aromatic rings. The van der Waals surface area contributed by atoms with Gasteiger partial charge in [0, 0.05) is 10.7 Å². The lowest BCUT2D eigenvalue weighted by molar-refractivity contribution is 0.298. The molecule has 0 amide bonds. The molecule has 0 saturated heterocycles. The molecule has 0 N–H and O–H groups in total. The van der Waals surface area contributed by atoms with E-state index in [4.69, 9.17) is 15.4 Å². The number of hydrogen-bond donors (Lipinski definition) is 0. The zero-order valence-electron chi connectivity index (χ0n) is 9.03. The van der Waals surface area contributed by atoms with E-state index in [-0.39, 0.29) is 5.75 Å². The second kappa shape index (κ2) is 5.16. The summed E-state index contributed by atoms with van der Waals surface area (Å²) < 4.78 is 28.4. The third-order valence-corrected chi connectivity index (χ3v) is 4.43. The monoisotopic (exact) mass is 338 g/mol. The molecule has 0 aromatic heterocycles. The first-order valence-electron chi connectivity index (χ1n) is 5.28. The predicted octanol–water partition coefficient (Wildman–Crippen LogP) is 3.31. The number of hydrogen-bond acceptors (Lipinski definition) is 3. The van der Waals surface area contributed by atoms with Crippen LogP contribution in [0.5, 0.6) is 5.75 Å². The van der Waals surface area contributed by atoms with Crippen molar-refractivity contribution in [2.75, 3.05) is 6.61 Å². The SMILES string of the molecule is O=S(=O)(Cl)Cc1cccc(OCC2CC2)c1Br. The smallest absolute Gasteiger partial charge is 0.236 e. The number of halogens is 2. The average Bonchev–Trinajstić information content (AvgIpc) is 3.01. The molecule has 1 aliphatic carbocycles. The molecule has 0 radical (unpaired) electrons. The molecule has 1 aliphatic rings. The molecule has 0 heterocycles. The van der Waals surface area contributed by atoms with E-state index in [1.54, 1.807) is 12.1 Å². The quantitative estimate of drug-likeness (QED) is 0.773. The molecule has 1 saturated carbocycles. The first-order valence-corrected chi connectivity index (χ1v) is 8.55. The van der Waals surface area contributed by atoms with Crippen molar-refractivity contribution in [2.24, 2.45) is 5.92 Å². The standard InChI is InChI=1S/C11H12BrClO3S/c12-11-9(7-17(13,14)15)2-1-3-10(11)16-6-8-4-5-8/h1-3,8H,4-7H2. The fourth-order valence-electron chi connectivity index (χ4n) is 1.46. The zero-order valence-corrected chi connectivity index (χ0v) is 12.2. The van der Waals surface area contributed by atoms with Crippen molar-refractivity contribution in [3.05, 3.63) is 28.2 Å². The van der Waals surface area contributed by atoms with Crippen molar-refractivity contribution in [1.82, 2.24) is 0 Å². The van der Waals surface area contributed by atoms with Crippen LogP contribution in [0.25, 0.3) is 0 Å². The lowest BCUT2D eigenvalue weighted by Gasteiger charge is -2.10. The molecule has 0 unspecified atom stereocenters. The summed E-state index contributed by atoms with van der Waals surface area (Å²) in [5.41, 5.74) is 0.619. The van der Waals surface area contributed by atoms with Gasteiger partial charge in [-0.15, -0.1) is 0 Å². The van der Waals surface area contributed by atoms with E-state index in [1.165, 1.54) is 12.8 Å². The topological polar surface area (TPSA) is 43.4 Å². The largest absolute Gasteiger partial charge is 0.492 e. The van der Waals surface area contributed by atoms with Gasteiger partial charge in [-0.05, 0) is 46.3 Å². The summed E-state index contributed by atoms with van der Waals surface area (Å²) in [6.45, 7) is 0.690. The van der Waals surface area contributed by atoms with Gasteiger partial charge in [0.1, 0.15) is 5.75 Å². The van der Waals surface area contributed by atoms with Gasteiger partial charge in [0.2, 0.25) is 9.05 Å². The summed E-state index contributed by atoms with van der Waals surface area (Å²) in [6.07, 6.45) is 2.43. The Hall–Kier alpha value is -0.260. The average molecular weight is 340 g/mol. The van der Waals surface area contributed by atoms with Crippen LogP contribution in [0.3, 0.4) is 0 Å². The minimum absolute atomic E-state index is 0.199. The number of rotatable bonds is 5. The van der Waals surface area contributed by atoms with Gasteiger partial charge in [-0.25, -0.2) is 8.42 Å². The molecule has 1 aromatic carbocycles. The summed E-state index contributed by atoms with van der Waals surface area (Å²) in [4.78, 5) is 0. The maximum Gasteiger partial charge on any atom is 0.236 e. The third kappa shape index (κ3) is 4.16. The third-order valence-electron chi connectivity index (χ3n) is 2.54. The highest BCUT2D eigenvalue weighted by molar-refractivity contribution is 9.10. The number of ether oxygens (including phenoxy) is 1. The van der Waals surface area contributed by atoms with E-state index in [2.05, 4.69) is 15.9 Å². The van der Waals surface area contributed by atoms with Crippen LogP contribution < -0.4 is 4.74 Å². The Morgan fingerprint density at radius 1 is 1.41 bits per heavy atom. The summed E-state index contributed by atoms with van der Waals surface area (Å²) in [7, 11) is 1.69. The molecular weight excluding hydrogens is 328 g/mol. The predicted molar refractivity (Wildman–Crippen MR) is 70.8 cm³/mol. The van der Waals surface area contributed by atoms with Gasteiger partial charge in [0.25, 0.3) is 0 Å². The summed E-state index contributed by atoms with van der Waals surface area (Å²) in [6, 6.07) is 5.30. The molecule has 17 heavy (non-hydrogen) atoms. The Bertz CT molecular complexity index is 511. The van der Waals surface area contributed by atoms with Crippen LogP contribution in [-0.4, -0.2) is 15.0 Å². The van der Waals surface area contributed by atoms with Crippen LogP contribution in [0.15, 0.2) is 22.7 Å². The van der Waals surface area contributed by atoms with Gasteiger partial charge in [0.15, 0.2) is 0 Å². The van der Waals surface area contributed by atoms with Gasteiger partial charge >= 0.3 is 0 Å². The first-order chi connectivity index (χ1) is 7.96. The van der Waals surface area contributed by atoms with E-state index >= 15 is 0 Å². The van der Waals surface area contributed by atoms with Crippen molar-refractivity contribution in [3.8, 4) is 5.75 Å². The number of benzene rings is 1. The van der Waals surface area contributed by atoms with Gasteiger partial charge in [0.05, 0.1) is 16.8 Å². The molecule has 0 bridgehead atoms. The first kappa shape index (κ1) is 13.2. The normalized spacial score (nSPS) is 15.9. The maximum absolute atomic E-state index is 11.0. The van der Waals surface area contributed by atoms with Crippen molar-refractivity contribution in [1.29, 1.82) is 0 Å². The molecule has 0 aliphatic heterocycles. The minimum Gasteiger partial charge on any atom is -0.492 e. The van der Waals surface area contributed by atoms with Crippen molar-refractivity contribution in [2.45, 2.75) is 18.6 Å². The zero-order chi connectivity index (χ0) is 12.5. The molecule has 0 spiro atoms. The van der Waals surface area contributed by atoms with Crippen LogP contribution in [0.4, 0.5) is 0 Å². The van der Waals surface area contributed by atoms with Crippen molar-refractivity contribution >= 4 is 35.7 Å². The highest BCUT2D eigenvalue weighted by Gasteiger charge is 2.22. The Labute approximate surface area is 114 Å². The molecule has 0 atom stereocenters. The minimum atomic E-state index is -3.55. The Kier molecular flexibility index (Phi) is 4.00. The molecule has 3 nitrogen and oxygen atoms in total. The van der Waals surface area contributed by atoms with E-state index in [0.717, 1.165) is 0 Å². The Morgan fingerprint density at radius 3 is 2.71 bits per heavy atom.